The second-order valence-corrected chi connectivity index (χ2v) is 7.38. The molecule has 1 aromatic heterocycles. The van der Waals surface area contributed by atoms with Crippen LogP contribution in [-0.4, -0.2) is 28.5 Å². The van der Waals surface area contributed by atoms with Crippen molar-refractivity contribution in [3.63, 3.8) is 0 Å². The van der Waals surface area contributed by atoms with Crippen molar-refractivity contribution in [3.05, 3.63) is 66.4 Å². The molecule has 6 nitrogen and oxygen atoms in total. The number of hydrogen-bond donors (Lipinski definition) is 2. The van der Waals surface area contributed by atoms with Crippen LogP contribution in [0.15, 0.2) is 60.8 Å². The summed E-state index contributed by atoms with van der Waals surface area (Å²) in [6, 6.07) is 17.1. The van der Waals surface area contributed by atoms with Crippen molar-refractivity contribution in [1.29, 1.82) is 0 Å². The number of aromatic nitrogens is 2. The lowest BCUT2D eigenvalue weighted by atomic mass is 10.1. The van der Waals surface area contributed by atoms with Crippen molar-refractivity contribution in [2.24, 2.45) is 0 Å². The van der Waals surface area contributed by atoms with Gasteiger partial charge < -0.3 is 15.4 Å². The van der Waals surface area contributed by atoms with Crippen molar-refractivity contribution < 1.29 is 9.53 Å². The third-order valence-corrected chi connectivity index (χ3v) is 3.89. The van der Waals surface area contributed by atoms with Crippen LogP contribution in [0.1, 0.15) is 31.1 Å². The molecule has 2 aromatic carbocycles. The van der Waals surface area contributed by atoms with Crippen LogP contribution in [0.4, 0.5) is 11.5 Å². The van der Waals surface area contributed by atoms with Crippen molar-refractivity contribution in [3.8, 4) is 17.1 Å². The fourth-order valence-electron chi connectivity index (χ4n) is 2.62. The van der Waals surface area contributed by atoms with Gasteiger partial charge in [0.1, 0.15) is 17.1 Å². The van der Waals surface area contributed by atoms with Gasteiger partial charge in [-0.2, -0.15) is 0 Å². The van der Waals surface area contributed by atoms with Gasteiger partial charge in [0.25, 0.3) is 5.91 Å². The standard InChI is InChI=1S/C22H24N4O2/c1-22(2,3)26-21(27)18-14-23-19(15-9-6-5-7-10-15)25-20(18)24-16-11-8-12-17(13-16)28-4/h5-14H,1-4H3,(H,26,27)(H,23,24,25). The summed E-state index contributed by atoms with van der Waals surface area (Å²) in [5.74, 6) is 1.45. The van der Waals surface area contributed by atoms with E-state index in [0.717, 1.165) is 11.3 Å². The molecule has 0 bridgehead atoms. The van der Waals surface area contributed by atoms with Gasteiger partial charge in [-0.05, 0) is 32.9 Å². The highest BCUT2D eigenvalue weighted by Gasteiger charge is 2.20. The molecule has 1 heterocycles. The van der Waals surface area contributed by atoms with Crippen molar-refractivity contribution in [2.45, 2.75) is 26.3 Å². The summed E-state index contributed by atoms with van der Waals surface area (Å²) in [6.07, 6.45) is 1.55. The van der Waals surface area contributed by atoms with E-state index in [-0.39, 0.29) is 11.4 Å². The highest BCUT2D eigenvalue weighted by atomic mass is 16.5. The zero-order valence-corrected chi connectivity index (χ0v) is 16.5. The van der Waals surface area contributed by atoms with Crippen molar-refractivity contribution in [2.75, 3.05) is 12.4 Å². The van der Waals surface area contributed by atoms with Gasteiger partial charge >= 0.3 is 0 Å². The van der Waals surface area contributed by atoms with E-state index in [2.05, 4.69) is 20.6 Å². The Hall–Kier alpha value is -3.41. The first-order valence-corrected chi connectivity index (χ1v) is 9.02. The number of methoxy groups -OCH3 is 1. The maximum Gasteiger partial charge on any atom is 0.257 e. The molecular weight excluding hydrogens is 352 g/mol. The quantitative estimate of drug-likeness (QED) is 0.689. The second kappa shape index (κ2) is 8.08. The molecular formula is C22H24N4O2. The minimum atomic E-state index is -0.373. The third-order valence-electron chi connectivity index (χ3n) is 3.89. The molecule has 144 valence electrons. The fourth-order valence-corrected chi connectivity index (χ4v) is 2.62. The molecule has 0 aliphatic heterocycles. The third kappa shape index (κ3) is 4.85. The summed E-state index contributed by atoms with van der Waals surface area (Å²) in [5.41, 5.74) is 1.64. The van der Waals surface area contributed by atoms with Crippen LogP contribution in [0.25, 0.3) is 11.4 Å². The normalized spacial score (nSPS) is 11.0. The fraction of sp³-hybridized carbons (Fsp3) is 0.227. The number of amides is 1. The van der Waals surface area contributed by atoms with E-state index in [1.54, 1.807) is 13.3 Å². The number of anilines is 2. The Balaban J connectivity index is 2.02. The minimum Gasteiger partial charge on any atom is -0.497 e. The van der Waals surface area contributed by atoms with E-state index >= 15 is 0 Å². The molecule has 28 heavy (non-hydrogen) atoms. The van der Waals surface area contributed by atoms with Gasteiger partial charge in [0.2, 0.25) is 0 Å². The first-order valence-electron chi connectivity index (χ1n) is 9.02. The predicted molar refractivity (Wildman–Crippen MR) is 111 cm³/mol. The maximum atomic E-state index is 12.8. The monoisotopic (exact) mass is 376 g/mol. The molecule has 0 saturated carbocycles. The SMILES string of the molecule is COc1cccc(Nc2nc(-c3ccccc3)ncc2C(=O)NC(C)(C)C)c1. The van der Waals surface area contributed by atoms with E-state index in [4.69, 9.17) is 4.74 Å². The molecule has 1 amide bonds. The van der Waals surface area contributed by atoms with Gasteiger partial charge in [-0.25, -0.2) is 9.97 Å². The topological polar surface area (TPSA) is 76.1 Å². The first-order chi connectivity index (χ1) is 13.4. The molecule has 0 fully saturated rings. The van der Waals surface area contributed by atoms with Crippen LogP contribution in [0.3, 0.4) is 0 Å². The number of benzene rings is 2. The Kier molecular flexibility index (Phi) is 5.59. The molecule has 0 atom stereocenters. The van der Waals surface area contributed by atoms with Gasteiger partial charge in [0.15, 0.2) is 5.82 Å². The first kappa shape index (κ1) is 19.4. The van der Waals surface area contributed by atoms with Crippen molar-refractivity contribution in [1.82, 2.24) is 15.3 Å². The summed E-state index contributed by atoms with van der Waals surface area (Å²) < 4.78 is 5.28. The van der Waals surface area contributed by atoms with Crippen LogP contribution < -0.4 is 15.4 Å². The lowest BCUT2D eigenvalue weighted by Crippen LogP contribution is -2.40. The Morgan fingerprint density at radius 1 is 1.04 bits per heavy atom. The summed E-state index contributed by atoms with van der Waals surface area (Å²) in [6.45, 7) is 5.79. The van der Waals surface area contributed by atoms with Crippen LogP contribution in [0.2, 0.25) is 0 Å². The van der Waals surface area contributed by atoms with E-state index in [9.17, 15) is 4.79 Å². The molecule has 0 unspecified atom stereocenters. The van der Waals surface area contributed by atoms with Crippen LogP contribution in [-0.2, 0) is 0 Å². The Bertz CT molecular complexity index is 966. The minimum absolute atomic E-state index is 0.238. The summed E-state index contributed by atoms with van der Waals surface area (Å²) in [7, 11) is 1.61. The number of rotatable bonds is 5. The summed E-state index contributed by atoms with van der Waals surface area (Å²) >= 11 is 0. The zero-order valence-electron chi connectivity index (χ0n) is 16.5. The second-order valence-electron chi connectivity index (χ2n) is 7.38. The summed E-state index contributed by atoms with van der Waals surface area (Å²) in [4.78, 5) is 21.8. The average Bonchev–Trinajstić information content (AvgIpc) is 2.67. The van der Waals surface area contributed by atoms with Crippen LogP contribution in [0, 0.1) is 0 Å². The molecule has 0 aliphatic carbocycles. The predicted octanol–water partition coefficient (Wildman–Crippen LogP) is 4.42. The molecule has 3 aromatic rings. The van der Waals surface area contributed by atoms with E-state index < -0.39 is 0 Å². The molecule has 0 spiro atoms. The molecule has 6 heteroatoms. The van der Waals surface area contributed by atoms with E-state index in [0.29, 0.717) is 23.0 Å². The maximum absolute atomic E-state index is 12.8. The van der Waals surface area contributed by atoms with E-state index in [1.807, 2.05) is 75.4 Å². The molecule has 2 N–H and O–H groups in total. The lowest BCUT2D eigenvalue weighted by molar-refractivity contribution is 0.0920. The Morgan fingerprint density at radius 3 is 2.46 bits per heavy atom. The Labute approximate surface area is 165 Å². The number of carbonyl (C=O) groups is 1. The number of nitrogens with zero attached hydrogens (tertiary/aromatic N) is 2. The molecule has 0 radical (unpaired) electrons. The zero-order chi connectivity index (χ0) is 20.1. The van der Waals surface area contributed by atoms with Gasteiger partial charge in [-0.15, -0.1) is 0 Å². The number of carbonyl (C=O) groups excluding carboxylic acids is 1. The van der Waals surface area contributed by atoms with Crippen LogP contribution in [0.5, 0.6) is 5.75 Å². The number of hydrogen-bond acceptors (Lipinski definition) is 5. The Morgan fingerprint density at radius 2 is 1.79 bits per heavy atom. The number of nitrogens with one attached hydrogen (secondary N) is 2. The van der Waals surface area contributed by atoms with Crippen LogP contribution >= 0.6 is 0 Å². The van der Waals surface area contributed by atoms with Crippen molar-refractivity contribution >= 4 is 17.4 Å². The lowest BCUT2D eigenvalue weighted by Gasteiger charge is -2.21. The highest BCUT2D eigenvalue weighted by Crippen LogP contribution is 2.25. The summed E-state index contributed by atoms with van der Waals surface area (Å²) in [5, 5.41) is 6.19. The molecule has 0 saturated heterocycles. The van der Waals surface area contributed by atoms with Gasteiger partial charge in [-0.3, -0.25) is 4.79 Å². The van der Waals surface area contributed by atoms with Gasteiger partial charge in [0.05, 0.1) is 7.11 Å². The average molecular weight is 376 g/mol. The molecule has 0 aliphatic rings. The molecule has 3 rings (SSSR count). The van der Waals surface area contributed by atoms with Gasteiger partial charge in [-0.1, -0.05) is 36.4 Å². The smallest absolute Gasteiger partial charge is 0.257 e. The highest BCUT2D eigenvalue weighted by molar-refractivity contribution is 5.99. The number of ether oxygens (including phenoxy) is 1. The largest absolute Gasteiger partial charge is 0.497 e. The van der Waals surface area contributed by atoms with E-state index in [1.165, 1.54) is 0 Å². The van der Waals surface area contributed by atoms with Gasteiger partial charge in [0, 0.05) is 29.1 Å².